The van der Waals surface area contributed by atoms with Crippen LogP contribution in [0.15, 0.2) is 12.1 Å². The average Bonchev–Trinajstić information content (AvgIpc) is 2.86. The van der Waals surface area contributed by atoms with Gasteiger partial charge in [0.15, 0.2) is 11.5 Å². The van der Waals surface area contributed by atoms with Crippen molar-refractivity contribution < 1.29 is 23.8 Å². The summed E-state index contributed by atoms with van der Waals surface area (Å²) in [5.41, 5.74) is 0.811. The number of rotatable bonds is 8. The Morgan fingerprint density at radius 3 is 2.25 bits per heavy atom. The molecule has 0 N–H and O–H groups in total. The number of methoxy groups -OCH3 is 3. The highest BCUT2D eigenvalue weighted by atomic mass is 32.2. The van der Waals surface area contributed by atoms with Crippen LogP contribution in [-0.4, -0.2) is 49.2 Å². The van der Waals surface area contributed by atoms with Gasteiger partial charge in [-0.05, 0) is 24.5 Å². The summed E-state index contributed by atoms with van der Waals surface area (Å²) in [5.74, 6) is 1.61. The largest absolute Gasteiger partial charge is 0.496 e. The van der Waals surface area contributed by atoms with Crippen LogP contribution >= 0.6 is 11.8 Å². The predicted molar refractivity (Wildman–Crippen MR) is 93.2 cm³/mol. The molecule has 6 nitrogen and oxygen atoms in total. The van der Waals surface area contributed by atoms with Gasteiger partial charge in [0.1, 0.15) is 5.75 Å². The number of hydrogen-bond acceptors (Lipinski definition) is 6. The van der Waals surface area contributed by atoms with Crippen molar-refractivity contribution in [3.05, 3.63) is 17.7 Å². The number of nitrogens with zero attached hydrogens (tertiary/aromatic N) is 1. The zero-order valence-electron chi connectivity index (χ0n) is 14.5. The van der Waals surface area contributed by atoms with Crippen molar-refractivity contribution in [2.45, 2.75) is 31.4 Å². The van der Waals surface area contributed by atoms with E-state index in [2.05, 4.69) is 0 Å². The van der Waals surface area contributed by atoms with Gasteiger partial charge in [0, 0.05) is 12.6 Å². The maximum atomic E-state index is 12.5. The molecule has 0 aliphatic carbocycles. The van der Waals surface area contributed by atoms with Crippen molar-refractivity contribution >= 4 is 22.9 Å². The Labute approximate surface area is 146 Å². The van der Waals surface area contributed by atoms with Crippen LogP contribution in [-0.2, 0) is 11.2 Å². The molecule has 1 aromatic carbocycles. The van der Waals surface area contributed by atoms with E-state index in [1.165, 1.54) is 4.90 Å². The maximum absolute atomic E-state index is 12.5. The fraction of sp³-hybridized carbons (Fsp3) is 0.529. The number of benzene rings is 1. The lowest BCUT2D eigenvalue weighted by molar-refractivity contribution is -0.126. The fourth-order valence-corrected chi connectivity index (χ4v) is 3.64. The molecule has 0 unspecified atom stereocenters. The van der Waals surface area contributed by atoms with Gasteiger partial charge in [0.25, 0.3) is 5.24 Å². The highest BCUT2D eigenvalue weighted by Crippen LogP contribution is 2.38. The summed E-state index contributed by atoms with van der Waals surface area (Å²) in [6.45, 7) is 2.52. The molecule has 0 radical (unpaired) electrons. The number of unbranched alkanes of at least 4 members (excludes halogenated alkanes) is 1. The quantitative estimate of drug-likeness (QED) is 0.715. The second-order valence-electron chi connectivity index (χ2n) is 5.44. The van der Waals surface area contributed by atoms with Crippen LogP contribution in [0.3, 0.4) is 0 Å². The van der Waals surface area contributed by atoms with Gasteiger partial charge >= 0.3 is 0 Å². The third-order valence-corrected chi connectivity index (χ3v) is 5.01. The first-order valence-electron chi connectivity index (χ1n) is 7.86. The Hall–Kier alpha value is -1.89. The lowest BCUT2D eigenvalue weighted by atomic mass is 10.1. The molecule has 2 rings (SSSR count). The zero-order chi connectivity index (χ0) is 17.7. The van der Waals surface area contributed by atoms with Crippen molar-refractivity contribution in [3.63, 3.8) is 0 Å². The highest BCUT2D eigenvalue weighted by Gasteiger charge is 2.39. The third-order valence-electron chi connectivity index (χ3n) is 3.93. The van der Waals surface area contributed by atoms with E-state index >= 15 is 0 Å². The van der Waals surface area contributed by atoms with Gasteiger partial charge in [0.05, 0.1) is 26.6 Å². The lowest BCUT2D eigenvalue weighted by Gasteiger charge is -2.16. The SMILES string of the molecule is CCCCN1C(=O)S[C@@H](Cc2cc(OC)c(OC)cc2OC)C1=O. The van der Waals surface area contributed by atoms with Crippen LogP contribution < -0.4 is 14.2 Å². The monoisotopic (exact) mass is 353 g/mol. The molecule has 7 heteroatoms. The number of ether oxygens (including phenoxy) is 3. The minimum Gasteiger partial charge on any atom is -0.496 e. The van der Waals surface area contributed by atoms with Gasteiger partial charge in [-0.15, -0.1) is 0 Å². The molecule has 132 valence electrons. The Balaban J connectivity index is 2.21. The first-order valence-corrected chi connectivity index (χ1v) is 8.74. The number of carbonyl (C=O) groups is 2. The van der Waals surface area contributed by atoms with E-state index in [0.717, 1.165) is 30.2 Å². The molecule has 1 fully saturated rings. The summed E-state index contributed by atoms with van der Waals surface area (Å²) in [6.07, 6.45) is 2.17. The molecule has 1 heterocycles. The van der Waals surface area contributed by atoms with E-state index in [-0.39, 0.29) is 11.1 Å². The van der Waals surface area contributed by atoms with Crippen LogP contribution in [0.25, 0.3) is 0 Å². The molecule has 1 aliphatic heterocycles. The summed E-state index contributed by atoms with van der Waals surface area (Å²) in [5, 5.41) is -0.598. The van der Waals surface area contributed by atoms with Crippen molar-refractivity contribution in [2.24, 2.45) is 0 Å². The van der Waals surface area contributed by atoms with Crippen LogP contribution in [0.2, 0.25) is 0 Å². The van der Waals surface area contributed by atoms with Gasteiger partial charge in [-0.1, -0.05) is 25.1 Å². The van der Waals surface area contributed by atoms with Gasteiger partial charge in [0.2, 0.25) is 5.91 Å². The first-order chi connectivity index (χ1) is 11.5. The van der Waals surface area contributed by atoms with E-state index in [0.29, 0.717) is 30.2 Å². The molecule has 1 atom stereocenters. The number of thioether (sulfide) groups is 1. The average molecular weight is 353 g/mol. The van der Waals surface area contributed by atoms with Crippen LogP contribution in [0.5, 0.6) is 17.2 Å². The van der Waals surface area contributed by atoms with Gasteiger partial charge in [-0.2, -0.15) is 0 Å². The Bertz CT molecular complexity index is 619. The van der Waals surface area contributed by atoms with Crippen LogP contribution in [0.4, 0.5) is 4.79 Å². The van der Waals surface area contributed by atoms with Gasteiger partial charge in [-0.25, -0.2) is 0 Å². The molecule has 1 saturated heterocycles. The number of carbonyl (C=O) groups excluding carboxylic acids is 2. The number of hydrogen-bond donors (Lipinski definition) is 0. The Kier molecular flexibility index (Phi) is 6.36. The minimum absolute atomic E-state index is 0.129. The normalized spacial score (nSPS) is 17.3. The molecule has 24 heavy (non-hydrogen) atoms. The molecule has 0 saturated carbocycles. The molecule has 0 bridgehead atoms. The Morgan fingerprint density at radius 1 is 1.04 bits per heavy atom. The number of imide groups is 1. The molecule has 0 aromatic heterocycles. The molecular weight excluding hydrogens is 330 g/mol. The van der Waals surface area contributed by atoms with E-state index in [4.69, 9.17) is 14.2 Å². The summed E-state index contributed by atoms with van der Waals surface area (Å²) < 4.78 is 16.0. The second kappa shape index (κ2) is 8.28. The summed E-state index contributed by atoms with van der Waals surface area (Å²) in [6, 6.07) is 3.53. The number of amides is 2. The zero-order valence-corrected chi connectivity index (χ0v) is 15.3. The second-order valence-corrected chi connectivity index (χ2v) is 6.59. The summed E-state index contributed by atoms with van der Waals surface area (Å²) >= 11 is 1.08. The molecular formula is C17H23NO5S. The fourth-order valence-electron chi connectivity index (χ4n) is 2.60. The summed E-state index contributed by atoms with van der Waals surface area (Å²) in [4.78, 5) is 25.9. The van der Waals surface area contributed by atoms with Crippen molar-refractivity contribution in [3.8, 4) is 17.2 Å². The highest BCUT2D eigenvalue weighted by molar-refractivity contribution is 8.15. The maximum Gasteiger partial charge on any atom is 0.289 e. The van der Waals surface area contributed by atoms with Crippen LogP contribution in [0.1, 0.15) is 25.3 Å². The van der Waals surface area contributed by atoms with Crippen LogP contribution in [0, 0.1) is 0 Å². The lowest BCUT2D eigenvalue weighted by Crippen LogP contribution is -2.33. The van der Waals surface area contributed by atoms with E-state index < -0.39 is 5.25 Å². The molecule has 0 spiro atoms. The Morgan fingerprint density at radius 2 is 1.67 bits per heavy atom. The van der Waals surface area contributed by atoms with Crippen molar-refractivity contribution in [2.75, 3.05) is 27.9 Å². The molecule has 2 amide bonds. The summed E-state index contributed by atoms with van der Waals surface area (Å²) in [7, 11) is 4.67. The molecule has 1 aromatic rings. The standard InChI is InChI=1S/C17H23NO5S/c1-5-6-7-18-16(19)15(24-17(18)20)9-11-8-13(22-3)14(23-4)10-12(11)21-2/h8,10,15H,5-7,9H2,1-4H3/t15-/m0/s1. The third kappa shape index (κ3) is 3.77. The van der Waals surface area contributed by atoms with E-state index in [1.807, 2.05) is 6.92 Å². The van der Waals surface area contributed by atoms with Crippen molar-refractivity contribution in [1.82, 2.24) is 4.90 Å². The molecule has 1 aliphatic rings. The van der Waals surface area contributed by atoms with Gasteiger partial charge in [-0.3, -0.25) is 14.5 Å². The van der Waals surface area contributed by atoms with Gasteiger partial charge < -0.3 is 14.2 Å². The van der Waals surface area contributed by atoms with E-state index in [1.54, 1.807) is 33.5 Å². The minimum atomic E-state index is -0.429. The van der Waals surface area contributed by atoms with E-state index in [9.17, 15) is 9.59 Å². The predicted octanol–water partition coefficient (Wildman–Crippen LogP) is 3.12. The first kappa shape index (κ1) is 18.4. The smallest absolute Gasteiger partial charge is 0.289 e. The topological polar surface area (TPSA) is 65.1 Å². The van der Waals surface area contributed by atoms with Crippen molar-refractivity contribution in [1.29, 1.82) is 0 Å².